The number of unbranched alkanes of at least 4 members (excludes halogenated alkanes) is 1. The van der Waals surface area contributed by atoms with Gasteiger partial charge in [-0.25, -0.2) is 4.98 Å². The molecule has 0 aliphatic carbocycles. The van der Waals surface area contributed by atoms with Crippen LogP contribution in [0.1, 0.15) is 72.5 Å². The van der Waals surface area contributed by atoms with E-state index in [-0.39, 0.29) is 35.6 Å². The minimum Gasteiger partial charge on any atom is -0.494 e. The molecule has 0 radical (unpaired) electrons. The topological polar surface area (TPSA) is 181 Å². The van der Waals surface area contributed by atoms with Gasteiger partial charge in [0.2, 0.25) is 17.8 Å². The van der Waals surface area contributed by atoms with E-state index in [1.165, 1.54) is 20.4 Å². The number of amides is 4. The molecular weight excluding hydrogens is 937 g/mol. The van der Waals surface area contributed by atoms with Gasteiger partial charge in [-0.05, 0) is 94.3 Å². The number of piperazine rings is 1. The SMILES string of the molecule is CC#CC(=O)Nc1cc(Nc2ncc(C(F)(F)F)c(Nc3ccccc3P(C)(C)=O)n2)c(OC)cc1N1CCC(N2CCN(CCCC#Cc3cccc4c3CN(C3CCC(=O)NC3=O)C4=O)CC2)CC1. The summed E-state index contributed by atoms with van der Waals surface area (Å²) in [5.74, 6) is 9.80. The van der Waals surface area contributed by atoms with Crippen molar-refractivity contribution >= 4 is 70.6 Å². The van der Waals surface area contributed by atoms with E-state index in [2.05, 4.69) is 69.6 Å². The van der Waals surface area contributed by atoms with Crippen LogP contribution in [0, 0.1) is 23.7 Å². The average Bonchev–Trinajstić information content (AvgIpc) is 3.67. The highest BCUT2D eigenvalue weighted by molar-refractivity contribution is 7.70. The Morgan fingerprint density at radius 3 is 2.41 bits per heavy atom. The van der Waals surface area contributed by atoms with Crippen LogP contribution in [0.2, 0.25) is 0 Å². The molecule has 5 heterocycles. The zero-order chi connectivity index (χ0) is 50.5. The highest BCUT2D eigenvalue weighted by Crippen LogP contribution is 2.42. The second kappa shape index (κ2) is 21.6. The van der Waals surface area contributed by atoms with Crippen LogP contribution >= 0.6 is 7.14 Å². The molecule has 4 aliphatic heterocycles. The molecule has 1 aromatic heterocycles. The number of carbonyl (C=O) groups is 4. The summed E-state index contributed by atoms with van der Waals surface area (Å²) >= 11 is 0. The monoisotopic (exact) mass is 992 g/mol. The van der Waals surface area contributed by atoms with Gasteiger partial charge >= 0.3 is 6.18 Å². The van der Waals surface area contributed by atoms with Crippen molar-refractivity contribution in [2.45, 2.75) is 70.3 Å². The third-order valence-corrected chi connectivity index (χ3v) is 14.7. The molecule has 0 bridgehead atoms. The quantitative estimate of drug-likeness (QED) is 0.0502. The van der Waals surface area contributed by atoms with Gasteiger partial charge in [0, 0.05) is 93.4 Å². The normalized spacial score (nSPS) is 17.9. The first-order valence-electron chi connectivity index (χ1n) is 23.6. The lowest BCUT2D eigenvalue weighted by Gasteiger charge is -2.43. The van der Waals surface area contributed by atoms with Crippen molar-refractivity contribution in [3.8, 4) is 29.4 Å². The van der Waals surface area contributed by atoms with Gasteiger partial charge in [-0.1, -0.05) is 36.0 Å². The Labute approximate surface area is 410 Å². The van der Waals surface area contributed by atoms with Crippen molar-refractivity contribution in [1.82, 2.24) is 30.0 Å². The van der Waals surface area contributed by atoms with Crippen LogP contribution in [0.25, 0.3) is 0 Å². The number of nitrogens with one attached hydrogen (secondary N) is 4. The molecule has 3 fully saturated rings. The van der Waals surface area contributed by atoms with Crippen molar-refractivity contribution < 1.29 is 41.7 Å². The van der Waals surface area contributed by atoms with Crippen LogP contribution in [0.4, 0.5) is 47.7 Å². The maximum Gasteiger partial charge on any atom is 0.421 e. The third-order valence-electron chi connectivity index (χ3n) is 13.2. The standard InChI is InChI=1S/C51H56F3N10O6P/c1-5-12-45(65)56-39-29-40(58-50-55-31-37(51(52,53)54)47(60-50)57-38-16-8-9-17-44(38)71(3,4)69)43(70-2)30-42(39)63-23-20-34(21-24-63)62-27-25-61(26-28-62)22-10-6-7-13-33-14-11-15-35-36(33)32-64(49(35)68)41-18-19-46(66)59-48(41)67/h8-9,11,14-17,29-31,34,41H,6,10,18-28,32H2,1-4H3,(H,56,65)(H,59,66,67)(H2,55,57,58,60). The number of anilines is 6. The van der Waals surface area contributed by atoms with Crippen molar-refractivity contribution in [2.24, 2.45) is 0 Å². The van der Waals surface area contributed by atoms with Crippen molar-refractivity contribution in [2.75, 3.05) is 87.1 Å². The summed E-state index contributed by atoms with van der Waals surface area (Å²) in [5, 5.41) is 11.3. The smallest absolute Gasteiger partial charge is 0.421 e. The lowest BCUT2D eigenvalue weighted by Crippen LogP contribution is -2.53. The fourth-order valence-electron chi connectivity index (χ4n) is 9.58. The number of alkyl halides is 3. The van der Waals surface area contributed by atoms with E-state index in [4.69, 9.17) is 4.74 Å². The molecular formula is C51H56F3N10O6P. The van der Waals surface area contributed by atoms with Crippen LogP contribution in [-0.4, -0.2) is 127 Å². The molecule has 372 valence electrons. The fourth-order valence-corrected chi connectivity index (χ4v) is 10.7. The minimum atomic E-state index is -4.81. The molecule has 16 nitrogen and oxygen atoms in total. The van der Waals surface area contributed by atoms with E-state index in [0.717, 1.165) is 63.1 Å². The molecule has 8 rings (SSSR count). The molecule has 20 heteroatoms. The number of carbonyl (C=O) groups excluding carboxylic acids is 4. The van der Waals surface area contributed by atoms with Gasteiger partial charge in [0.05, 0.1) is 29.9 Å². The molecule has 3 aromatic carbocycles. The van der Waals surface area contributed by atoms with Gasteiger partial charge in [-0.15, -0.1) is 0 Å². The Morgan fingerprint density at radius 1 is 0.944 bits per heavy atom. The zero-order valence-corrected chi connectivity index (χ0v) is 40.9. The summed E-state index contributed by atoms with van der Waals surface area (Å²) < 4.78 is 61.6. The van der Waals surface area contributed by atoms with E-state index < -0.39 is 42.6 Å². The Kier molecular flexibility index (Phi) is 15.4. The number of nitrogens with zero attached hydrogens (tertiary/aromatic N) is 6. The first-order chi connectivity index (χ1) is 34.0. The van der Waals surface area contributed by atoms with Crippen LogP contribution in [0.3, 0.4) is 0 Å². The highest BCUT2D eigenvalue weighted by Gasteiger charge is 2.40. The predicted octanol–water partition coefficient (Wildman–Crippen LogP) is 6.38. The maximum atomic E-state index is 14.3. The van der Waals surface area contributed by atoms with Crippen molar-refractivity contribution in [1.29, 1.82) is 0 Å². The number of benzene rings is 3. The Bertz CT molecular complexity index is 2890. The van der Waals surface area contributed by atoms with Gasteiger partial charge in [0.1, 0.15) is 30.3 Å². The van der Waals surface area contributed by atoms with Crippen molar-refractivity contribution in [3.05, 3.63) is 83.0 Å². The molecule has 71 heavy (non-hydrogen) atoms. The Balaban J connectivity index is 0.872. The molecule has 3 saturated heterocycles. The second-order valence-corrected chi connectivity index (χ2v) is 21.4. The number of hydrogen-bond acceptors (Lipinski definition) is 13. The molecule has 4 aromatic rings. The van der Waals surface area contributed by atoms with E-state index in [1.807, 2.05) is 12.1 Å². The number of fused-ring (bicyclic) bond motifs is 1. The van der Waals surface area contributed by atoms with Crippen LogP contribution < -0.4 is 36.2 Å². The molecule has 4 aliphatic rings. The van der Waals surface area contributed by atoms with Crippen LogP contribution in [0.15, 0.2) is 60.8 Å². The number of imide groups is 1. The summed E-state index contributed by atoms with van der Waals surface area (Å²) in [6, 6.07) is 15.0. The molecule has 1 atom stereocenters. The van der Waals surface area contributed by atoms with Crippen LogP contribution in [0.5, 0.6) is 5.75 Å². The van der Waals surface area contributed by atoms with E-state index in [1.54, 1.807) is 54.3 Å². The predicted molar refractivity (Wildman–Crippen MR) is 266 cm³/mol. The fraction of sp³-hybridized carbons (Fsp3) is 0.412. The number of halogens is 3. The largest absolute Gasteiger partial charge is 0.494 e. The number of hydrogen-bond donors (Lipinski definition) is 4. The summed E-state index contributed by atoms with van der Waals surface area (Å²) in [5.41, 5.74) is 2.65. The minimum absolute atomic E-state index is 0.186. The lowest BCUT2D eigenvalue weighted by atomic mass is 10.0. The van der Waals surface area contributed by atoms with Gasteiger partial charge in [0.25, 0.3) is 11.8 Å². The van der Waals surface area contributed by atoms with Gasteiger partial charge in [-0.3, -0.25) is 29.4 Å². The molecule has 0 spiro atoms. The first kappa shape index (κ1) is 50.5. The summed E-state index contributed by atoms with van der Waals surface area (Å²) in [6.45, 7) is 10.9. The third kappa shape index (κ3) is 11.8. The first-order valence-corrected chi connectivity index (χ1v) is 26.2. The zero-order valence-electron chi connectivity index (χ0n) is 40.0. The Hall–Kier alpha value is -6.92. The molecule has 0 saturated carbocycles. The molecule has 4 amide bonds. The number of methoxy groups -OCH3 is 1. The second-order valence-electron chi connectivity index (χ2n) is 18.2. The van der Waals surface area contributed by atoms with E-state index in [9.17, 15) is 36.9 Å². The van der Waals surface area contributed by atoms with E-state index in [0.29, 0.717) is 72.7 Å². The number of rotatable bonds is 13. The highest BCUT2D eigenvalue weighted by atomic mass is 31.2. The van der Waals surface area contributed by atoms with Crippen molar-refractivity contribution in [3.63, 3.8) is 0 Å². The molecule has 1 unspecified atom stereocenters. The number of piperidine rings is 2. The maximum absolute atomic E-state index is 14.3. The van der Waals surface area contributed by atoms with E-state index >= 15 is 0 Å². The summed E-state index contributed by atoms with van der Waals surface area (Å²) in [7, 11) is -1.42. The summed E-state index contributed by atoms with van der Waals surface area (Å²) in [4.78, 5) is 67.2. The summed E-state index contributed by atoms with van der Waals surface area (Å²) in [6.07, 6.45) is -0.265. The van der Waals surface area contributed by atoms with Gasteiger partial charge < -0.3 is 40.0 Å². The average molecular weight is 993 g/mol. The molecule has 4 N–H and O–H groups in total. The van der Waals surface area contributed by atoms with Gasteiger partial charge in [-0.2, -0.15) is 18.2 Å². The number of para-hydroxylation sites is 1. The number of aromatic nitrogens is 2. The van der Waals surface area contributed by atoms with Crippen LogP contribution in [-0.2, 0) is 31.7 Å². The Morgan fingerprint density at radius 2 is 1.70 bits per heavy atom. The van der Waals surface area contributed by atoms with Gasteiger partial charge in [0.15, 0.2) is 0 Å². The number of ether oxygens (including phenoxy) is 1. The lowest BCUT2D eigenvalue weighted by molar-refractivity contribution is -0.138.